The lowest BCUT2D eigenvalue weighted by Crippen LogP contribution is -2.53. The van der Waals surface area contributed by atoms with Crippen LogP contribution in [0.25, 0.3) is 0 Å². The first-order chi connectivity index (χ1) is 19.1. The molecule has 1 atom stereocenters. The van der Waals surface area contributed by atoms with Crippen LogP contribution in [0.5, 0.6) is 5.75 Å². The van der Waals surface area contributed by atoms with Crippen molar-refractivity contribution in [3.05, 3.63) is 118 Å². The Morgan fingerprint density at radius 1 is 1.00 bits per heavy atom. The van der Waals surface area contributed by atoms with Crippen molar-refractivity contribution in [1.82, 2.24) is 19.6 Å². The summed E-state index contributed by atoms with van der Waals surface area (Å²) < 4.78 is 35.9. The molecular weight excluding hydrogens is 532 g/mol. The van der Waals surface area contributed by atoms with Crippen LogP contribution in [0.4, 0.5) is 0 Å². The van der Waals surface area contributed by atoms with E-state index in [9.17, 15) is 23.2 Å². The maximum absolute atomic E-state index is 13.9. The fourth-order valence-corrected chi connectivity index (χ4v) is 6.70. The van der Waals surface area contributed by atoms with Crippen LogP contribution >= 0.6 is 0 Å². The summed E-state index contributed by atoms with van der Waals surface area (Å²) in [6, 6.07) is 23.1. The molecule has 1 amide bonds. The highest BCUT2D eigenvalue weighted by atomic mass is 32.2. The molecule has 2 heterocycles. The molecule has 1 aliphatic rings. The van der Waals surface area contributed by atoms with Gasteiger partial charge in [-0.15, -0.1) is 0 Å². The van der Waals surface area contributed by atoms with Gasteiger partial charge in [-0.2, -0.15) is 4.31 Å². The van der Waals surface area contributed by atoms with Crippen LogP contribution in [0.1, 0.15) is 42.3 Å². The standard InChI is InChI=1S/C29H30N4O6S/c1-29(2)19-33(40(37,38)23-15-13-22(14-16-23)39-18-21-11-7-4-8-12-21)25(27(34)31-36)24-26(29)30-32(28(24)35)17-20-9-5-3-6-10-20/h3-16,25,30,36H,17-19H2,1-2H3,(H,31,34). The molecule has 1 unspecified atom stereocenters. The number of carbonyl (C=O) groups is 1. The molecule has 0 radical (unpaired) electrons. The number of benzene rings is 3. The quantitative estimate of drug-likeness (QED) is 0.223. The van der Waals surface area contributed by atoms with Crippen molar-refractivity contribution in [3.8, 4) is 5.75 Å². The van der Waals surface area contributed by atoms with Gasteiger partial charge >= 0.3 is 0 Å². The number of hydroxylamine groups is 1. The number of amides is 1. The number of rotatable bonds is 8. The van der Waals surface area contributed by atoms with Gasteiger partial charge in [-0.25, -0.2) is 18.6 Å². The molecule has 40 heavy (non-hydrogen) atoms. The van der Waals surface area contributed by atoms with E-state index in [1.54, 1.807) is 31.5 Å². The van der Waals surface area contributed by atoms with Gasteiger partial charge in [0.05, 0.1) is 17.0 Å². The molecule has 0 bridgehead atoms. The minimum atomic E-state index is -4.29. The summed E-state index contributed by atoms with van der Waals surface area (Å²) in [5.74, 6) is -0.547. The number of hydrogen-bond acceptors (Lipinski definition) is 6. The number of hydrogen-bond donors (Lipinski definition) is 3. The van der Waals surface area contributed by atoms with Crippen LogP contribution in [0.2, 0.25) is 0 Å². The zero-order chi connectivity index (χ0) is 28.5. The molecule has 10 nitrogen and oxygen atoms in total. The lowest BCUT2D eigenvalue weighted by atomic mass is 9.81. The van der Waals surface area contributed by atoms with Crippen LogP contribution < -0.4 is 15.8 Å². The van der Waals surface area contributed by atoms with Crippen LogP contribution in [0.15, 0.2) is 94.6 Å². The van der Waals surface area contributed by atoms with Crippen molar-refractivity contribution < 1.29 is 23.2 Å². The van der Waals surface area contributed by atoms with E-state index < -0.39 is 32.9 Å². The van der Waals surface area contributed by atoms with Crippen molar-refractivity contribution in [1.29, 1.82) is 0 Å². The Morgan fingerprint density at radius 3 is 2.20 bits per heavy atom. The van der Waals surface area contributed by atoms with Gasteiger partial charge in [0.1, 0.15) is 18.4 Å². The van der Waals surface area contributed by atoms with Crippen LogP contribution in [0.3, 0.4) is 0 Å². The lowest BCUT2D eigenvalue weighted by molar-refractivity contribution is -0.134. The van der Waals surface area contributed by atoms with Gasteiger partial charge in [-0.3, -0.25) is 19.9 Å². The molecule has 0 aliphatic carbocycles. The third-order valence-electron chi connectivity index (χ3n) is 7.00. The molecule has 3 aromatic carbocycles. The van der Waals surface area contributed by atoms with Gasteiger partial charge in [0.25, 0.3) is 11.5 Å². The van der Waals surface area contributed by atoms with Gasteiger partial charge < -0.3 is 4.74 Å². The Morgan fingerprint density at radius 2 is 1.60 bits per heavy atom. The molecule has 0 spiro atoms. The van der Waals surface area contributed by atoms with Crippen molar-refractivity contribution in [2.75, 3.05) is 6.54 Å². The minimum Gasteiger partial charge on any atom is -0.489 e. The summed E-state index contributed by atoms with van der Waals surface area (Å²) >= 11 is 0. The van der Waals surface area contributed by atoms with E-state index in [0.29, 0.717) is 18.1 Å². The molecule has 1 aromatic heterocycles. The largest absolute Gasteiger partial charge is 0.489 e. The average molecular weight is 563 g/mol. The van der Waals surface area contributed by atoms with E-state index in [1.165, 1.54) is 16.8 Å². The van der Waals surface area contributed by atoms with Gasteiger partial charge in [-0.1, -0.05) is 74.5 Å². The highest BCUT2D eigenvalue weighted by molar-refractivity contribution is 7.89. The summed E-state index contributed by atoms with van der Waals surface area (Å²) in [5, 5.41) is 12.7. The molecule has 3 N–H and O–H groups in total. The van der Waals surface area contributed by atoms with Crippen molar-refractivity contribution in [3.63, 3.8) is 0 Å². The number of ether oxygens (including phenoxy) is 1. The fourth-order valence-electron chi connectivity index (χ4n) is 4.98. The van der Waals surface area contributed by atoms with Gasteiger partial charge in [0.15, 0.2) is 0 Å². The summed E-state index contributed by atoms with van der Waals surface area (Å²) in [4.78, 5) is 26.5. The Hall–Kier alpha value is -4.19. The number of nitrogens with zero attached hydrogens (tertiary/aromatic N) is 2. The highest BCUT2D eigenvalue weighted by Gasteiger charge is 2.49. The maximum atomic E-state index is 13.9. The number of H-pyrrole nitrogens is 1. The summed E-state index contributed by atoms with van der Waals surface area (Å²) in [6.07, 6.45) is 0. The van der Waals surface area contributed by atoms with Crippen LogP contribution in [0, 0.1) is 0 Å². The lowest BCUT2D eigenvalue weighted by Gasteiger charge is -2.40. The molecule has 11 heteroatoms. The Kier molecular flexibility index (Phi) is 7.37. The highest BCUT2D eigenvalue weighted by Crippen LogP contribution is 2.40. The second kappa shape index (κ2) is 10.8. The predicted octanol–water partition coefficient (Wildman–Crippen LogP) is 3.33. The molecule has 5 rings (SSSR count). The summed E-state index contributed by atoms with van der Waals surface area (Å²) in [7, 11) is -4.29. The Labute approximate surface area is 231 Å². The van der Waals surface area contributed by atoms with Crippen molar-refractivity contribution in [2.45, 2.75) is 43.4 Å². The van der Waals surface area contributed by atoms with Crippen molar-refractivity contribution >= 4 is 15.9 Å². The third-order valence-corrected chi connectivity index (χ3v) is 8.83. The average Bonchev–Trinajstić information content (AvgIpc) is 3.29. The number of sulfonamides is 1. The molecule has 4 aromatic rings. The summed E-state index contributed by atoms with van der Waals surface area (Å²) in [5.41, 5.74) is 2.40. The molecular formula is C29H30N4O6S. The normalized spacial score (nSPS) is 16.7. The maximum Gasteiger partial charge on any atom is 0.272 e. The van der Waals surface area contributed by atoms with Gasteiger partial charge in [0, 0.05) is 17.7 Å². The van der Waals surface area contributed by atoms with Gasteiger partial charge in [-0.05, 0) is 35.4 Å². The Bertz CT molecular complexity index is 1660. The first-order valence-electron chi connectivity index (χ1n) is 12.7. The fraction of sp³-hybridized carbons (Fsp3) is 0.241. The number of fused-ring (bicyclic) bond motifs is 1. The summed E-state index contributed by atoms with van der Waals surface area (Å²) in [6.45, 7) is 4.00. The molecule has 0 saturated heterocycles. The van der Waals surface area contributed by atoms with E-state index in [2.05, 4.69) is 5.10 Å². The van der Waals surface area contributed by atoms with Crippen molar-refractivity contribution in [2.24, 2.45) is 0 Å². The molecule has 0 saturated carbocycles. The smallest absolute Gasteiger partial charge is 0.272 e. The van der Waals surface area contributed by atoms with Crippen LogP contribution in [-0.2, 0) is 33.4 Å². The first-order valence-corrected chi connectivity index (χ1v) is 14.2. The van der Waals surface area contributed by atoms with E-state index in [1.807, 2.05) is 60.7 Å². The second-order valence-corrected chi connectivity index (χ2v) is 12.2. The zero-order valence-electron chi connectivity index (χ0n) is 22.1. The molecule has 208 valence electrons. The van der Waals surface area contributed by atoms with E-state index in [0.717, 1.165) is 15.4 Å². The number of nitrogens with one attached hydrogen (secondary N) is 2. The van der Waals surface area contributed by atoms with E-state index >= 15 is 0 Å². The zero-order valence-corrected chi connectivity index (χ0v) is 22.9. The third kappa shape index (κ3) is 5.18. The Balaban J connectivity index is 1.49. The second-order valence-electron chi connectivity index (χ2n) is 10.3. The first kappa shape index (κ1) is 27.4. The number of aromatic nitrogens is 2. The molecule has 0 fully saturated rings. The van der Waals surface area contributed by atoms with E-state index in [-0.39, 0.29) is 23.5 Å². The van der Waals surface area contributed by atoms with Gasteiger partial charge in [0.2, 0.25) is 10.0 Å². The predicted molar refractivity (Wildman–Crippen MR) is 147 cm³/mol. The monoisotopic (exact) mass is 562 g/mol. The van der Waals surface area contributed by atoms with Crippen LogP contribution in [-0.4, -0.2) is 40.2 Å². The SMILES string of the molecule is CC1(C)CN(S(=O)(=O)c2ccc(OCc3ccccc3)cc2)C(C(=O)NO)c2c1[nH]n(Cc1ccccc1)c2=O. The minimum absolute atomic E-state index is 0.0230. The molecule has 1 aliphatic heterocycles. The topological polar surface area (TPSA) is 134 Å². The van der Waals surface area contributed by atoms with E-state index in [4.69, 9.17) is 4.74 Å². The number of aromatic amines is 1. The number of carbonyl (C=O) groups excluding carboxylic acids is 1.